The molecule has 9 heteroatoms. The smallest absolute Gasteiger partial charge is 0.264 e. The fourth-order valence-corrected chi connectivity index (χ4v) is 3.27. The Morgan fingerprint density at radius 2 is 1.86 bits per heavy atom. The summed E-state index contributed by atoms with van der Waals surface area (Å²) in [6.07, 6.45) is 0.575. The second kappa shape index (κ2) is 8.82. The van der Waals surface area contributed by atoms with E-state index in [4.69, 9.17) is 39.5 Å². The normalized spacial score (nSPS) is 11.4. The standard InChI is InChI=1S/C19H16Cl3N3O3/c1-25-15-6-4-11(20)9-13(15)18(19(25)27)24-23-17(26)3-2-8-28-16-7-5-12(21)10-14(16)22/h4-7,9-10,27H,2-3,8H2,1H3. The third-order valence-electron chi connectivity index (χ3n) is 4.05. The third kappa shape index (κ3) is 4.58. The number of rotatable bonds is 6. The van der Waals surface area contributed by atoms with Gasteiger partial charge in [0.25, 0.3) is 5.91 Å². The molecule has 0 atom stereocenters. The van der Waals surface area contributed by atoms with Gasteiger partial charge in [-0.1, -0.05) is 34.8 Å². The van der Waals surface area contributed by atoms with Crippen LogP contribution in [0.5, 0.6) is 11.6 Å². The van der Waals surface area contributed by atoms with Gasteiger partial charge in [-0.2, -0.15) is 0 Å². The third-order valence-corrected chi connectivity index (χ3v) is 4.82. The van der Waals surface area contributed by atoms with E-state index in [-0.39, 0.29) is 24.6 Å². The van der Waals surface area contributed by atoms with Gasteiger partial charge in [-0.05, 0) is 42.8 Å². The Hall–Kier alpha value is -2.28. The molecule has 3 aromatic rings. The predicted molar refractivity (Wildman–Crippen MR) is 110 cm³/mol. The molecule has 1 N–H and O–H groups in total. The number of amides is 1. The van der Waals surface area contributed by atoms with Crippen LogP contribution in [0.1, 0.15) is 12.8 Å². The van der Waals surface area contributed by atoms with Crippen LogP contribution in [0.4, 0.5) is 5.69 Å². The molecule has 0 aliphatic rings. The monoisotopic (exact) mass is 439 g/mol. The molecule has 3 rings (SSSR count). The lowest BCUT2D eigenvalue weighted by Crippen LogP contribution is -2.01. The molecule has 0 unspecified atom stereocenters. The van der Waals surface area contributed by atoms with Gasteiger partial charge in [-0.25, -0.2) is 0 Å². The molecule has 0 saturated heterocycles. The van der Waals surface area contributed by atoms with E-state index in [0.717, 1.165) is 5.52 Å². The largest absolute Gasteiger partial charge is 0.493 e. The van der Waals surface area contributed by atoms with Gasteiger partial charge in [0.2, 0.25) is 5.88 Å². The first-order valence-corrected chi connectivity index (χ1v) is 9.49. The lowest BCUT2D eigenvalue weighted by atomic mass is 10.2. The van der Waals surface area contributed by atoms with Crippen molar-refractivity contribution in [1.82, 2.24) is 4.57 Å². The van der Waals surface area contributed by atoms with E-state index in [1.807, 2.05) is 0 Å². The number of fused-ring (bicyclic) bond motifs is 1. The molecule has 2 aromatic carbocycles. The topological polar surface area (TPSA) is 76.2 Å². The summed E-state index contributed by atoms with van der Waals surface area (Å²) in [5.74, 6) is -0.0172. The highest BCUT2D eigenvalue weighted by Crippen LogP contribution is 2.39. The maximum Gasteiger partial charge on any atom is 0.264 e. The fraction of sp³-hybridized carbons (Fsp3) is 0.211. The average molecular weight is 441 g/mol. The van der Waals surface area contributed by atoms with Crippen molar-refractivity contribution < 1.29 is 14.6 Å². The van der Waals surface area contributed by atoms with Gasteiger partial charge in [0, 0.05) is 28.9 Å². The molecule has 0 radical (unpaired) electrons. The Kier molecular flexibility index (Phi) is 6.44. The Morgan fingerprint density at radius 3 is 2.61 bits per heavy atom. The molecule has 0 bridgehead atoms. The summed E-state index contributed by atoms with van der Waals surface area (Å²) < 4.78 is 7.07. The van der Waals surface area contributed by atoms with E-state index in [9.17, 15) is 9.90 Å². The van der Waals surface area contributed by atoms with Crippen molar-refractivity contribution in [3.8, 4) is 11.6 Å². The number of carbonyl (C=O) groups is 1. The van der Waals surface area contributed by atoms with Crippen molar-refractivity contribution in [2.75, 3.05) is 6.61 Å². The number of nitrogens with zero attached hydrogens (tertiary/aromatic N) is 3. The van der Waals surface area contributed by atoms with Crippen molar-refractivity contribution in [3.63, 3.8) is 0 Å². The Balaban J connectivity index is 1.59. The molecule has 28 heavy (non-hydrogen) atoms. The second-order valence-electron chi connectivity index (χ2n) is 6.01. The molecule has 0 aliphatic carbocycles. The molecule has 1 amide bonds. The van der Waals surface area contributed by atoms with Gasteiger partial charge < -0.3 is 14.4 Å². The first-order chi connectivity index (χ1) is 13.4. The van der Waals surface area contributed by atoms with Crippen LogP contribution < -0.4 is 4.74 Å². The van der Waals surface area contributed by atoms with Gasteiger partial charge in [-0.3, -0.25) is 4.79 Å². The average Bonchev–Trinajstić information content (AvgIpc) is 2.88. The quantitative estimate of drug-likeness (QED) is 0.360. The Bertz CT molecular complexity index is 1060. The minimum absolute atomic E-state index is 0.0884. The maximum atomic E-state index is 12.0. The molecule has 0 spiro atoms. The summed E-state index contributed by atoms with van der Waals surface area (Å²) >= 11 is 17.9. The van der Waals surface area contributed by atoms with Crippen LogP contribution in [-0.2, 0) is 11.8 Å². The molecule has 146 valence electrons. The van der Waals surface area contributed by atoms with E-state index in [1.54, 1.807) is 48.0 Å². The first-order valence-electron chi connectivity index (χ1n) is 8.36. The summed E-state index contributed by atoms with van der Waals surface area (Å²) in [5.41, 5.74) is 0.939. The molecule has 0 fully saturated rings. The van der Waals surface area contributed by atoms with Crippen LogP contribution in [-0.4, -0.2) is 22.2 Å². The SMILES string of the molecule is Cn1c(O)c(N=NC(=O)CCCOc2ccc(Cl)cc2Cl)c2cc(Cl)ccc21. The van der Waals surface area contributed by atoms with Crippen LogP contribution in [0, 0.1) is 0 Å². The van der Waals surface area contributed by atoms with Gasteiger partial charge in [0.1, 0.15) is 5.75 Å². The van der Waals surface area contributed by atoms with Gasteiger partial charge in [0.15, 0.2) is 5.69 Å². The molecular formula is C19H16Cl3N3O3. The van der Waals surface area contributed by atoms with Crippen molar-refractivity contribution in [3.05, 3.63) is 51.5 Å². The minimum atomic E-state index is -0.427. The summed E-state index contributed by atoms with van der Waals surface area (Å²) in [6.45, 7) is 0.289. The lowest BCUT2D eigenvalue weighted by molar-refractivity contribution is -0.118. The minimum Gasteiger partial charge on any atom is -0.493 e. The number of aryl methyl sites for hydroxylation is 1. The zero-order chi connectivity index (χ0) is 20.3. The molecule has 1 aromatic heterocycles. The van der Waals surface area contributed by atoms with Crippen LogP contribution in [0.2, 0.25) is 15.1 Å². The number of hydrogen-bond donors (Lipinski definition) is 1. The number of aromatic hydroxyl groups is 1. The molecule has 0 aliphatic heterocycles. The zero-order valence-corrected chi connectivity index (χ0v) is 17.1. The van der Waals surface area contributed by atoms with Crippen molar-refractivity contribution >= 4 is 57.3 Å². The predicted octanol–water partition coefficient (Wildman–Crippen LogP) is 6.31. The molecular weight excluding hydrogens is 425 g/mol. The van der Waals surface area contributed by atoms with Gasteiger partial charge in [-0.15, -0.1) is 10.2 Å². The molecule has 1 heterocycles. The summed E-state index contributed by atoms with van der Waals surface area (Å²) in [7, 11) is 1.69. The first kappa shape index (κ1) is 20.5. The van der Waals surface area contributed by atoms with Crippen LogP contribution >= 0.6 is 34.8 Å². The number of halogens is 3. The van der Waals surface area contributed by atoms with Gasteiger partial charge >= 0.3 is 0 Å². The number of aromatic nitrogens is 1. The number of ether oxygens (including phenoxy) is 1. The second-order valence-corrected chi connectivity index (χ2v) is 7.29. The van der Waals surface area contributed by atoms with Crippen molar-refractivity contribution in [1.29, 1.82) is 0 Å². The molecule has 0 saturated carbocycles. The van der Waals surface area contributed by atoms with E-state index in [2.05, 4.69) is 10.2 Å². The van der Waals surface area contributed by atoms with E-state index in [0.29, 0.717) is 32.6 Å². The van der Waals surface area contributed by atoms with Crippen LogP contribution in [0.25, 0.3) is 10.9 Å². The van der Waals surface area contributed by atoms with E-state index < -0.39 is 5.91 Å². The number of benzene rings is 2. The van der Waals surface area contributed by atoms with Gasteiger partial charge in [0.05, 0.1) is 17.1 Å². The van der Waals surface area contributed by atoms with Crippen molar-refractivity contribution in [2.45, 2.75) is 12.8 Å². The van der Waals surface area contributed by atoms with Crippen LogP contribution in [0.15, 0.2) is 46.6 Å². The van der Waals surface area contributed by atoms with Crippen LogP contribution in [0.3, 0.4) is 0 Å². The highest BCUT2D eigenvalue weighted by molar-refractivity contribution is 6.35. The van der Waals surface area contributed by atoms with E-state index in [1.165, 1.54) is 0 Å². The summed E-state index contributed by atoms with van der Waals surface area (Å²) in [6, 6.07) is 10.1. The summed E-state index contributed by atoms with van der Waals surface area (Å²) in [5, 5.41) is 19.9. The van der Waals surface area contributed by atoms with Crippen molar-refractivity contribution in [2.24, 2.45) is 17.3 Å². The highest BCUT2D eigenvalue weighted by Gasteiger charge is 2.15. The molecule has 6 nitrogen and oxygen atoms in total. The zero-order valence-electron chi connectivity index (χ0n) is 14.8. The lowest BCUT2D eigenvalue weighted by Gasteiger charge is -2.07. The van der Waals surface area contributed by atoms with E-state index >= 15 is 0 Å². The number of azo groups is 1. The fourth-order valence-electron chi connectivity index (χ4n) is 2.64. The Morgan fingerprint density at radius 1 is 1.14 bits per heavy atom. The number of hydrogen-bond acceptors (Lipinski definition) is 4. The Labute approximate surface area is 176 Å². The number of carbonyl (C=O) groups excluding carboxylic acids is 1. The highest BCUT2D eigenvalue weighted by atomic mass is 35.5. The summed E-state index contributed by atoms with van der Waals surface area (Å²) in [4.78, 5) is 12.0. The maximum absolute atomic E-state index is 12.0.